The van der Waals surface area contributed by atoms with Crippen molar-refractivity contribution in [1.82, 2.24) is 9.80 Å². The molecular formula is C16H17F6N3O4. The summed E-state index contributed by atoms with van der Waals surface area (Å²) < 4.78 is 79.1. The first-order valence-corrected chi connectivity index (χ1v) is 8.42. The van der Waals surface area contributed by atoms with Crippen LogP contribution >= 0.6 is 0 Å². The predicted octanol–water partition coefficient (Wildman–Crippen LogP) is 3.25. The van der Waals surface area contributed by atoms with Crippen LogP contribution in [-0.4, -0.2) is 72.3 Å². The molecule has 1 saturated heterocycles. The van der Waals surface area contributed by atoms with Crippen LogP contribution in [0.15, 0.2) is 18.2 Å². The number of amides is 1. The Labute approximate surface area is 161 Å². The Morgan fingerprint density at radius 2 is 1.76 bits per heavy atom. The number of nitro benzene ring substituents is 1. The molecule has 0 bridgehead atoms. The van der Waals surface area contributed by atoms with Crippen molar-refractivity contribution in [1.29, 1.82) is 0 Å². The number of alkyl halides is 6. The molecular weight excluding hydrogens is 412 g/mol. The van der Waals surface area contributed by atoms with Crippen LogP contribution in [0.4, 0.5) is 32.0 Å². The lowest BCUT2D eigenvalue weighted by atomic mass is 10.1. The summed E-state index contributed by atoms with van der Waals surface area (Å²) >= 11 is 0. The molecule has 2 rings (SSSR count). The summed E-state index contributed by atoms with van der Waals surface area (Å²) in [6.07, 6.45) is -8.83. The maximum Gasteiger partial charge on any atom is 0.422 e. The Morgan fingerprint density at radius 1 is 1.07 bits per heavy atom. The fourth-order valence-corrected chi connectivity index (χ4v) is 2.86. The molecule has 0 aliphatic carbocycles. The second-order valence-electron chi connectivity index (χ2n) is 6.38. The zero-order valence-electron chi connectivity index (χ0n) is 14.9. The van der Waals surface area contributed by atoms with Crippen LogP contribution in [-0.2, 0) is 0 Å². The van der Waals surface area contributed by atoms with E-state index in [2.05, 4.69) is 4.74 Å². The first-order valence-electron chi connectivity index (χ1n) is 8.42. The molecule has 1 aromatic rings. The van der Waals surface area contributed by atoms with Crippen molar-refractivity contribution in [3.63, 3.8) is 0 Å². The van der Waals surface area contributed by atoms with E-state index in [-0.39, 0.29) is 38.3 Å². The number of carbonyl (C=O) groups excluding carboxylic acids is 1. The average Bonchev–Trinajstić information content (AvgIpc) is 2.82. The molecule has 1 amide bonds. The van der Waals surface area contributed by atoms with E-state index in [9.17, 15) is 41.3 Å². The number of nitrogens with zero attached hydrogens (tertiary/aromatic N) is 3. The van der Waals surface area contributed by atoms with Crippen molar-refractivity contribution in [2.45, 2.75) is 18.8 Å². The number of ether oxygens (including phenoxy) is 1. The van der Waals surface area contributed by atoms with E-state index in [4.69, 9.17) is 0 Å². The number of hydrogen-bond donors (Lipinski definition) is 0. The van der Waals surface area contributed by atoms with E-state index < -0.39 is 47.6 Å². The molecule has 1 aliphatic rings. The van der Waals surface area contributed by atoms with E-state index in [1.165, 1.54) is 0 Å². The highest BCUT2D eigenvalue weighted by Crippen LogP contribution is 2.27. The van der Waals surface area contributed by atoms with E-state index in [0.29, 0.717) is 0 Å². The summed E-state index contributed by atoms with van der Waals surface area (Å²) in [7, 11) is 0. The summed E-state index contributed by atoms with van der Waals surface area (Å²) in [6.45, 7) is -2.86. The molecule has 29 heavy (non-hydrogen) atoms. The van der Waals surface area contributed by atoms with Crippen molar-refractivity contribution in [3.05, 3.63) is 33.9 Å². The summed E-state index contributed by atoms with van der Waals surface area (Å²) in [5.41, 5.74) is -1.12. The Kier molecular flexibility index (Phi) is 6.93. The predicted molar refractivity (Wildman–Crippen MR) is 87.7 cm³/mol. The number of benzene rings is 1. The third-order valence-corrected chi connectivity index (χ3v) is 4.08. The van der Waals surface area contributed by atoms with Gasteiger partial charge in [0.05, 0.1) is 11.5 Å². The van der Waals surface area contributed by atoms with E-state index in [1.54, 1.807) is 0 Å². The maximum absolute atomic E-state index is 12.7. The Hall–Kier alpha value is -2.57. The van der Waals surface area contributed by atoms with Crippen LogP contribution in [0.1, 0.15) is 16.8 Å². The molecule has 13 heteroatoms. The fourth-order valence-electron chi connectivity index (χ4n) is 2.86. The average molecular weight is 429 g/mol. The summed E-state index contributed by atoms with van der Waals surface area (Å²) in [5.74, 6) is -1.24. The molecule has 162 valence electrons. The lowest BCUT2D eigenvalue weighted by Gasteiger charge is -2.23. The summed E-state index contributed by atoms with van der Waals surface area (Å²) in [5, 5.41) is 11.2. The lowest BCUT2D eigenvalue weighted by molar-refractivity contribution is -0.385. The van der Waals surface area contributed by atoms with Crippen molar-refractivity contribution in [2.75, 3.05) is 39.3 Å². The highest BCUT2D eigenvalue weighted by Gasteiger charge is 2.33. The third-order valence-electron chi connectivity index (χ3n) is 4.08. The van der Waals surface area contributed by atoms with Gasteiger partial charge in [0.2, 0.25) is 0 Å². The molecule has 0 saturated carbocycles. The van der Waals surface area contributed by atoms with Gasteiger partial charge in [-0.05, 0) is 18.6 Å². The minimum atomic E-state index is -4.64. The SMILES string of the molecule is O=C(c1cc(OCC(F)(F)F)ccc1[N+](=O)[O-])N1CCCN(CC(F)(F)F)CC1. The molecule has 1 aromatic carbocycles. The van der Waals surface area contributed by atoms with Crippen LogP contribution in [0.2, 0.25) is 0 Å². The lowest BCUT2D eigenvalue weighted by Crippen LogP contribution is -2.38. The maximum atomic E-state index is 12.7. The molecule has 0 N–H and O–H groups in total. The molecule has 0 radical (unpaired) electrons. The molecule has 1 aliphatic heterocycles. The van der Waals surface area contributed by atoms with Crippen LogP contribution in [0.5, 0.6) is 5.75 Å². The van der Waals surface area contributed by atoms with Gasteiger partial charge in [0.15, 0.2) is 6.61 Å². The van der Waals surface area contributed by atoms with Crippen molar-refractivity contribution in [2.24, 2.45) is 0 Å². The van der Waals surface area contributed by atoms with E-state index in [1.807, 2.05) is 0 Å². The van der Waals surface area contributed by atoms with Gasteiger partial charge < -0.3 is 9.64 Å². The Morgan fingerprint density at radius 3 is 2.34 bits per heavy atom. The second-order valence-corrected chi connectivity index (χ2v) is 6.38. The van der Waals surface area contributed by atoms with Gasteiger partial charge in [0.1, 0.15) is 11.3 Å². The summed E-state index contributed by atoms with van der Waals surface area (Å²) in [6, 6.07) is 2.63. The Balaban J connectivity index is 2.18. The molecule has 1 fully saturated rings. The smallest absolute Gasteiger partial charge is 0.422 e. The number of rotatable bonds is 5. The van der Waals surface area contributed by atoms with Gasteiger partial charge in [-0.3, -0.25) is 19.8 Å². The molecule has 0 unspecified atom stereocenters. The Bertz CT molecular complexity index is 753. The highest BCUT2D eigenvalue weighted by molar-refractivity contribution is 5.98. The molecule has 7 nitrogen and oxygen atoms in total. The quantitative estimate of drug-likeness (QED) is 0.408. The summed E-state index contributed by atoms with van der Waals surface area (Å²) in [4.78, 5) is 25.3. The van der Waals surface area contributed by atoms with Crippen molar-refractivity contribution < 1.29 is 40.8 Å². The molecule has 0 aromatic heterocycles. The van der Waals surface area contributed by atoms with Gasteiger partial charge in [0, 0.05) is 32.2 Å². The highest BCUT2D eigenvalue weighted by atomic mass is 19.4. The van der Waals surface area contributed by atoms with Crippen LogP contribution in [0.25, 0.3) is 0 Å². The standard InChI is InChI=1S/C16H17F6N3O4/c17-15(18,19)9-23-4-1-5-24(7-6-23)14(26)12-8-11(29-10-16(20,21)22)2-3-13(12)25(27)28/h2-3,8H,1,4-7,9-10H2. The molecule has 0 spiro atoms. The van der Waals surface area contributed by atoms with Gasteiger partial charge in [-0.15, -0.1) is 0 Å². The van der Waals surface area contributed by atoms with Crippen LogP contribution in [0.3, 0.4) is 0 Å². The van der Waals surface area contributed by atoms with Crippen LogP contribution < -0.4 is 4.74 Å². The van der Waals surface area contributed by atoms with Gasteiger partial charge in [0.25, 0.3) is 11.6 Å². The first-order chi connectivity index (χ1) is 13.4. The fraction of sp³-hybridized carbons (Fsp3) is 0.562. The van der Waals surface area contributed by atoms with Gasteiger partial charge in [-0.25, -0.2) is 0 Å². The van der Waals surface area contributed by atoms with E-state index in [0.717, 1.165) is 28.0 Å². The molecule has 0 atom stereocenters. The monoisotopic (exact) mass is 429 g/mol. The minimum absolute atomic E-state index is 0.0536. The topological polar surface area (TPSA) is 75.9 Å². The largest absolute Gasteiger partial charge is 0.484 e. The van der Waals surface area contributed by atoms with Crippen molar-refractivity contribution in [3.8, 4) is 5.75 Å². The zero-order chi connectivity index (χ0) is 21.8. The first kappa shape index (κ1) is 22.7. The normalized spacial score (nSPS) is 16.4. The van der Waals surface area contributed by atoms with Gasteiger partial charge in [-0.1, -0.05) is 0 Å². The van der Waals surface area contributed by atoms with Gasteiger partial charge in [-0.2, -0.15) is 26.3 Å². The number of halogens is 6. The van der Waals surface area contributed by atoms with Crippen molar-refractivity contribution >= 4 is 11.6 Å². The third kappa shape index (κ3) is 7.07. The number of nitro groups is 1. The van der Waals surface area contributed by atoms with Gasteiger partial charge >= 0.3 is 12.4 Å². The van der Waals surface area contributed by atoms with Crippen LogP contribution in [0, 0.1) is 10.1 Å². The zero-order valence-corrected chi connectivity index (χ0v) is 14.9. The minimum Gasteiger partial charge on any atom is -0.484 e. The second kappa shape index (κ2) is 8.84. The number of carbonyl (C=O) groups is 1. The van der Waals surface area contributed by atoms with E-state index >= 15 is 0 Å². The molecule has 1 heterocycles. The number of hydrogen-bond acceptors (Lipinski definition) is 5.